The van der Waals surface area contributed by atoms with Gasteiger partial charge >= 0.3 is 0 Å². The van der Waals surface area contributed by atoms with Crippen molar-refractivity contribution in [3.8, 4) is 0 Å². The lowest BCUT2D eigenvalue weighted by molar-refractivity contribution is -0.138. The largest absolute Gasteiger partial charge is 0.371 e. The van der Waals surface area contributed by atoms with Gasteiger partial charge in [0.25, 0.3) is 0 Å². The number of hydrogen-bond acceptors (Lipinski definition) is 3. The molecular formula is C15H22N2O2. The summed E-state index contributed by atoms with van der Waals surface area (Å²) >= 11 is 0. The van der Waals surface area contributed by atoms with Gasteiger partial charge < -0.3 is 15.0 Å². The van der Waals surface area contributed by atoms with Gasteiger partial charge in [-0.3, -0.25) is 4.79 Å². The standard InChI is InChI=1S/C15H22N2O2/c1-13-11-16-8-9-17(13)15(18)12-19-10-7-14-5-3-2-4-6-14/h2-6,13,16H,7-12H2,1H3. The molecule has 1 aliphatic rings. The highest BCUT2D eigenvalue weighted by Gasteiger charge is 2.22. The quantitative estimate of drug-likeness (QED) is 0.807. The van der Waals surface area contributed by atoms with Crippen molar-refractivity contribution < 1.29 is 9.53 Å². The molecule has 1 N–H and O–H groups in total. The molecule has 0 aliphatic carbocycles. The molecule has 1 aliphatic heterocycles. The van der Waals surface area contributed by atoms with Crippen molar-refractivity contribution in [3.05, 3.63) is 35.9 Å². The van der Waals surface area contributed by atoms with E-state index in [1.54, 1.807) is 0 Å². The number of rotatable bonds is 5. The third-order valence-corrected chi connectivity index (χ3v) is 3.43. The van der Waals surface area contributed by atoms with Crippen LogP contribution < -0.4 is 5.32 Å². The van der Waals surface area contributed by atoms with Crippen LogP contribution in [-0.2, 0) is 16.0 Å². The monoisotopic (exact) mass is 262 g/mol. The predicted molar refractivity (Wildman–Crippen MR) is 75.0 cm³/mol. The van der Waals surface area contributed by atoms with Gasteiger partial charge in [0.1, 0.15) is 6.61 Å². The molecule has 1 aromatic carbocycles. The number of nitrogens with zero attached hydrogens (tertiary/aromatic N) is 1. The van der Waals surface area contributed by atoms with Gasteiger partial charge in [0.15, 0.2) is 0 Å². The Hall–Kier alpha value is -1.39. The van der Waals surface area contributed by atoms with Crippen LogP contribution in [-0.4, -0.2) is 49.7 Å². The SMILES string of the molecule is CC1CNCCN1C(=O)COCCc1ccccc1. The minimum atomic E-state index is 0.0991. The second-order valence-corrected chi connectivity index (χ2v) is 4.93. The molecule has 0 aromatic heterocycles. The van der Waals surface area contributed by atoms with Crippen molar-refractivity contribution >= 4 is 5.91 Å². The molecule has 1 unspecified atom stereocenters. The minimum absolute atomic E-state index is 0.0991. The van der Waals surface area contributed by atoms with E-state index in [1.165, 1.54) is 5.56 Å². The second kappa shape index (κ2) is 7.26. The highest BCUT2D eigenvalue weighted by Crippen LogP contribution is 2.04. The topological polar surface area (TPSA) is 41.6 Å². The lowest BCUT2D eigenvalue weighted by atomic mass is 10.2. The van der Waals surface area contributed by atoms with Crippen molar-refractivity contribution in [3.63, 3.8) is 0 Å². The Morgan fingerprint density at radius 3 is 2.95 bits per heavy atom. The van der Waals surface area contributed by atoms with Crippen LogP contribution in [0.3, 0.4) is 0 Å². The average Bonchev–Trinajstić information content (AvgIpc) is 2.45. The summed E-state index contributed by atoms with van der Waals surface area (Å²) in [4.78, 5) is 13.9. The van der Waals surface area contributed by atoms with Gasteiger partial charge in [-0.25, -0.2) is 0 Å². The van der Waals surface area contributed by atoms with E-state index >= 15 is 0 Å². The number of piperazine rings is 1. The number of ether oxygens (including phenoxy) is 1. The maximum absolute atomic E-state index is 12.0. The molecule has 0 bridgehead atoms. The van der Waals surface area contributed by atoms with Crippen LogP contribution in [0.4, 0.5) is 0 Å². The number of hydrogen-bond donors (Lipinski definition) is 1. The molecule has 19 heavy (non-hydrogen) atoms. The Balaban J connectivity index is 1.66. The smallest absolute Gasteiger partial charge is 0.248 e. The van der Waals surface area contributed by atoms with Crippen LogP contribution in [0.15, 0.2) is 30.3 Å². The fraction of sp³-hybridized carbons (Fsp3) is 0.533. The summed E-state index contributed by atoms with van der Waals surface area (Å²) in [5.41, 5.74) is 1.24. The van der Waals surface area contributed by atoms with Crippen LogP contribution in [0.25, 0.3) is 0 Å². The molecule has 1 aromatic rings. The van der Waals surface area contributed by atoms with E-state index in [9.17, 15) is 4.79 Å². The molecule has 1 atom stereocenters. The van der Waals surface area contributed by atoms with Gasteiger partial charge in [-0.05, 0) is 18.9 Å². The molecule has 0 spiro atoms. The Bertz CT molecular complexity index is 394. The fourth-order valence-electron chi connectivity index (χ4n) is 2.29. The Kier molecular flexibility index (Phi) is 5.36. The van der Waals surface area contributed by atoms with E-state index in [4.69, 9.17) is 4.74 Å². The van der Waals surface area contributed by atoms with E-state index in [-0.39, 0.29) is 18.6 Å². The highest BCUT2D eigenvalue weighted by atomic mass is 16.5. The molecule has 1 amide bonds. The molecule has 104 valence electrons. The van der Waals surface area contributed by atoms with Crippen molar-refractivity contribution in [1.29, 1.82) is 0 Å². The van der Waals surface area contributed by atoms with E-state index in [2.05, 4.69) is 24.4 Å². The zero-order chi connectivity index (χ0) is 13.5. The second-order valence-electron chi connectivity index (χ2n) is 4.93. The summed E-state index contributed by atoms with van der Waals surface area (Å²) in [6.45, 7) is 5.37. The van der Waals surface area contributed by atoms with Gasteiger partial charge in [0.05, 0.1) is 6.61 Å². The first-order chi connectivity index (χ1) is 9.27. The number of nitrogens with one attached hydrogen (secondary N) is 1. The first kappa shape index (κ1) is 14.0. The van der Waals surface area contributed by atoms with Crippen molar-refractivity contribution in [2.45, 2.75) is 19.4 Å². The maximum atomic E-state index is 12.0. The molecule has 4 heteroatoms. The van der Waals surface area contributed by atoms with E-state index in [1.807, 2.05) is 23.1 Å². The van der Waals surface area contributed by atoms with E-state index in [0.717, 1.165) is 26.1 Å². The van der Waals surface area contributed by atoms with Gasteiger partial charge in [-0.15, -0.1) is 0 Å². The van der Waals surface area contributed by atoms with Crippen LogP contribution in [0.1, 0.15) is 12.5 Å². The lowest BCUT2D eigenvalue weighted by Gasteiger charge is -2.33. The van der Waals surface area contributed by atoms with Crippen LogP contribution in [0.5, 0.6) is 0 Å². The third-order valence-electron chi connectivity index (χ3n) is 3.43. The molecular weight excluding hydrogens is 240 g/mol. The number of carbonyl (C=O) groups is 1. The summed E-state index contributed by atoms with van der Waals surface area (Å²) in [5, 5.41) is 3.27. The Morgan fingerprint density at radius 1 is 1.42 bits per heavy atom. The average molecular weight is 262 g/mol. The number of amides is 1. The number of carbonyl (C=O) groups excluding carboxylic acids is 1. The molecule has 2 rings (SSSR count). The summed E-state index contributed by atoms with van der Waals surface area (Å²) < 4.78 is 5.49. The molecule has 1 saturated heterocycles. The van der Waals surface area contributed by atoms with Crippen LogP contribution >= 0.6 is 0 Å². The maximum Gasteiger partial charge on any atom is 0.248 e. The van der Waals surface area contributed by atoms with Crippen molar-refractivity contribution in [2.24, 2.45) is 0 Å². The summed E-state index contributed by atoms with van der Waals surface area (Å²) in [6, 6.07) is 10.4. The Labute approximate surface area is 114 Å². The zero-order valence-corrected chi connectivity index (χ0v) is 11.5. The zero-order valence-electron chi connectivity index (χ0n) is 11.5. The summed E-state index contributed by atoms with van der Waals surface area (Å²) in [5.74, 6) is 0.0991. The van der Waals surface area contributed by atoms with Gasteiger partial charge in [0.2, 0.25) is 5.91 Å². The lowest BCUT2D eigenvalue weighted by Crippen LogP contribution is -2.53. The molecule has 1 heterocycles. The fourth-order valence-corrected chi connectivity index (χ4v) is 2.29. The summed E-state index contributed by atoms with van der Waals surface area (Å²) in [6.07, 6.45) is 0.852. The highest BCUT2D eigenvalue weighted by molar-refractivity contribution is 5.77. The molecule has 4 nitrogen and oxygen atoms in total. The predicted octanol–water partition coefficient (Wildman–Crippen LogP) is 1.07. The van der Waals surface area contributed by atoms with Gasteiger partial charge in [-0.2, -0.15) is 0 Å². The van der Waals surface area contributed by atoms with E-state index < -0.39 is 0 Å². The molecule has 0 saturated carbocycles. The van der Waals surface area contributed by atoms with Crippen molar-refractivity contribution in [1.82, 2.24) is 10.2 Å². The first-order valence-electron chi connectivity index (χ1n) is 6.89. The van der Waals surface area contributed by atoms with Gasteiger partial charge in [0, 0.05) is 25.7 Å². The molecule has 1 fully saturated rings. The first-order valence-corrected chi connectivity index (χ1v) is 6.89. The molecule has 0 radical (unpaired) electrons. The van der Waals surface area contributed by atoms with Crippen molar-refractivity contribution in [2.75, 3.05) is 32.8 Å². The Morgan fingerprint density at radius 2 is 2.21 bits per heavy atom. The minimum Gasteiger partial charge on any atom is -0.371 e. The number of benzene rings is 1. The summed E-state index contributed by atoms with van der Waals surface area (Å²) in [7, 11) is 0. The third kappa shape index (κ3) is 4.33. The van der Waals surface area contributed by atoms with Crippen LogP contribution in [0.2, 0.25) is 0 Å². The van der Waals surface area contributed by atoms with E-state index in [0.29, 0.717) is 6.61 Å². The van der Waals surface area contributed by atoms with Crippen LogP contribution in [0, 0.1) is 0 Å². The normalized spacial score (nSPS) is 19.4. The van der Waals surface area contributed by atoms with Gasteiger partial charge in [-0.1, -0.05) is 30.3 Å².